The molecule has 9 heteroatoms. The van der Waals surface area contributed by atoms with Gasteiger partial charge in [-0.25, -0.2) is 0 Å². The van der Waals surface area contributed by atoms with Crippen molar-refractivity contribution >= 4 is 22.6 Å². The van der Waals surface area contributed by atoms with Crippen LogP contribution in [-0.2, 0) is 6.18 Å². The molecule has 0 unspecified atom stereocenters. The highest BCUT2D eigenvalue weighted by Gasteiger charge is 2.30. The van der Waals surface area contributed by atoms with Gasteiger partial charge in [0.15, 0.2) is 5.76 Å². The van der Waals surface area contributed by atoms with Crippen LogP contribution in [0.1, 0.15) is 41.8 Å². The van der Waals surface area contributed by atoms with Gasteiger partial charge in [-0.05, 0) is 74.5 Å². The summed E-state index contributed by atoms with van der Waals surface area (Å²) in [4.78, 5) is 16.8. The number of hydrogen-bond donors (Lipinski definition) is 1. The van der Waals surface area contributed by atoms with Crippen molar-refractivity contribution in [2.24, 2.45) is 0 Å². The van der Waals surface area contributed by atoms with Crippen molar-refractivity contribution in [3.8, 4) is 5.75 Å². The molecule has 1 N–H and O–H groups in total. The van der Waals surface area contributed by atoms with Gasteiger partial charge in [-0.2, -0.15) is 13.2 Å². The molecule has 2 fully saturated rings. The molecule has 6 nitrogen and oxygen atoms in total. The molecule has 2 aromatic carbocycles. The fraction of sp³-hybridized carbons (Fsp3) is 0.444. The first kappa shape index (κ1) is 24.5. The van der Waals surface area contributed by atoms with Crippen LogP contribution >= 0.6 is 0 Å². The van der Waals surface area contributed by atoms with Crippen LogP contribution in [0.15, 0.2) is 52.9 Å². The maximum absolute atomic E-state index is 13.0. The number of hydrogen-bond acceptors (Lipinski definition) is 5. The summed E-state index contributed by atoms with van der Waals surface area (Å²) in [5.74, 6) is 0.922. The number of nitrogens with one attached hydrogen (secondary N) is 1. The molecule has 0 spiro atoms. The van der Waals surface area contributed by atoms with Crippen LogP contribution in [0.3, 0.4) is 0 Å². The van der Waals surface area contributed by atoms with Gasteiger partial charge in [-0.15, -0.1) is 0 Å². The summed E-state index contributed by atoms with van der Waals surface area (Å²) in [7, 11) is 1.83. The van der Waals surface area contributed by atoms with E-state index >= 15 is 0 Å². The second-order valence-corrected chi connectivity index (χ2v) is 9.56. The van der Waals surface area contributed by atoms with E-state index in [0.29, 0.717) is 30.2 Å². The molecule has 1 amide bonds. The van der Waals surface area contributed by atoms with E-state index in [-0.39, 0.29) is 18.1 Å². The highest BCUT2D eigenvalue weighted by atomic mass is 19.4. The van der Waals surface area contributed by atoms with E-state index in [4.69, 9.17) is 9.15 Å². The molecule has 5 rings (SSSR count). The number of nitrogens with zero attached hydrogens (tertiary/aromatic N) is 2. The van der Waals surface area contributed by atoms with Gasteiger partial charge in [0.2, 0.25) is 0 Å². The van der Waals surface area contributed by atoms with Gasteiger partial charge < -0.3 is 24.3 Å². The summed E-state index contributed by atoms with van der Waals surface area (Å²) >= 11 is 0. The summed E-state index contributed by atoms with van der Waals surface area (Å²) in [5.41, 5.74) is 0.788. The maximum atomic E-state index is 13.0. The Morgan fingerprint density at radius 3 is 2.39 bits per heavy atom. The number of amides is 1. The van der Waals surface area contributed by atoms with Crippen LogP contribution in [0.2, 0.25) is 0 Å². The Hall–Kier alpha value is -3.20. The summed E-state index contributed by atoms with van der Waals surface area (Å²) in [6, 6.07) is 12.8. The quantitative estimate of drug-likeness (QED) is 0.513. The number of fused-ring (bicyclic) bond motifs is 1. The standard InChI is InChI=1S/C27H30F3N3O3/c1-32(20-8-12-31-13-9-20)26(34)25-17-18-16-23(6-7-24(18)36-25)35-22-10-14-33(15-11-22)21-4-2-19(3-5-21)27(28,29)30/h2-7,16-17,20,22,31H,8-15H2,1H3. The smallest absolute Gasteiger partial charge is 0.416 e. The normalized spacial score (nSPS) is 17.9. The van der Waals surface area contributed by atoms with Crippen LogP contribution in [0.25, 0.3) is 11.0 Å². The molecular formula is C27H30F3N3O3. The van der Waals surface area contributed by atoms with E-state index in [9.17, 15) is 18.0 Å². The number of piperidine rings is 2. The molecule has 2 aliphatic heterocycles. The Morgan fingerprint density at radius 2 is 1.72 bits per heavy atom. The Kier molecular flexibility index (Phi) is 6.83. The van der Waals surface area contributed by atoms with Crippen LogP contribution in [-0.4, -0.2) is 56.2 Å². The van der Waals surface area contributed by atoms with Crippen molar-refractivity contribution in [1.82, 2.24) is 10.2 Å². The van der Waals surface area contributed by atoms with Gasteiger partial charge in [0.1, 0.15) is 17.4 Å². The summed E-state index contributed by atoms with van der Waals surface area (Å²) < 4.78 is 50.5. The van der Waals surface area contributed by atoms with Gasteiger partial charge >= 0.3 is 6.18 Å². The van der Waals surface area contributed by atoms with Crippen molar-refractivity contribution < 1.29 is 27.1 Å². The minimum Gasteiger partial charge on any atom is -0.490 e. The second kappa shape index (κ2) is 10.0. The number of benzene rings is 2. The molecule has 0 aliphatic carbocycles. The van der Waals surface area contributed by atoms with Gasteiger partial charge in [0, 0.05) is 50.1 Å². The van der Waals surface area contributed by atoms with E-state index < -0.39 is 11.7 Å². The molecule has 2 aliphatic rings. The van der Waals surface area contributed by atoms with Crippen molar-refractivity contribution in [3.05, 3.63) is 59.9 Å². The lowest BCUT2D eigenvalue weighted by atomic mass is 10.1. The molecule has 36 heavy (non-hydrogen) atoms. The Morgan fingerprint density at radius 1 is 1.03 bits per heavy atom. The number of rotatable bonds is 5. The van der Waals surface area contributed by atoms with Crippen LogP contribution in [0.4, 0.5) is 18.9 Å². The van der Waals surface area contributed by atoms with Crippen molar-refractivity contribution in [2.45, 2.75) is 44.0 Å². The third-order valence-corrected chi connectivity index (χ3v) is 7.18. The predicted molar refractivity (Wildman–Crippen MR) is 132 cm³/mol. The SMILES string of the molecule is CN(C(=O)c1cc2cc(OC3CCN(c4ccc(C(F)(F)F)cc4)CC3)ccc2o1)C1CCNCC1. The predicted octanol–water partition coefficient (Wildman–Crippen LogP) is 5.32. The number of carbonyl (C=O) groups is 1. The van der Waals surface area contributed by atoms with Gasteiger partial charge in [-0.1, -0.05) is 0 Å². The molecule has 0 atom stereocenters. The zero-order valence-electron chi connectivity index (χ0n) is 20.2. The first-order valence-electron chi connectivity index (χ1n) is 12.4. The number of anilines is 1. The van der Waals surface area contributed by atoms with E-state index in [0.717, 1.165) is 62.0 Å². The summed E-state index contributed by atoms with van der Waals surface area (Å²) in [6.45, 7) is 3.22. The molecule has 3 aromatic rings. The van der Waals surface area contributed by atoms with Crippen molar-refractivity contribution in [1.29, 1.82) is 0 Å². The van der Waals surface area contributed by atoms with E-state index in [1.165, 1.54) is 12.1 Å². The molecule has 3 heterocycles. The molecule has 0 saturated carbocycles. The monoisotopic (exact) mass is 501 g/mol. The minimum absolute atomic E-state index is 0.00666. The lowest BCUT2D eigenvalue weighted by Crippen LogP contribution is -2.43. The van der Waals surface area contributed by atoms with E-state index in [1.54, 1.807) is 11.0 Å². The third kappa shape index (κ3) is 5.31. The number of ether oxygens (including phenoxy) is 1. The number of furan rings is 1. The van der Waals surface area contributed by atoms with Crippen LogP contribution in [0, 0.1) is 0 Å². The maximum Gasteiger partial charge on any atom is 0.416 e. The van der Waals surface area contributed by atoms with Crippen LogP contribution in [0.5, 0.6) is 5.75 Å². The van der Waals surface area contributed by atoms with E-state index in [2.05, 4.69) is 10.2 Å². The molecular weight excluding hydrogens is 471 g/mol. The Bertz CT molecular complexity index is 1190. The number of halogens is 3. The average molecular weight is 502 g/mol. The second-order valence-electron chi connectivity index (χ2n) is 9.56. The summed E-state index contributed by atoms with van der Waals surface area (Å²) in [6.07, 6.45) is -0.944. The average Bonchev–Trinajstić information content (AvgIpc) is 3.32. The highest BCUT2D eigenvalue weighted by Crippen LogP contribution is 2.32. The number of alkyl halides is 3. The fourth-order valence-electron chi connectivity index (χ4n) is 5.02. The molecule has 192 valence electrons. The Labute approximate surface area is 208 Å². The van der Waals surface area contributed by atoms with E-state index in [1.807, 2.05) is 25.2 Å². The lowest BCUT2D eigenvalue weighted by molar-refractivity contribution is -0.137. The zero-order chi connectivity index (χ0) is 25.3. The van der Waals surface area contributed by atoms with Gasteiger partial charge in [-0.3, -0.25) is 4.79 Å². The highest BCUT2D eigenvalue weighted by molar-refractivity contribution is 5.96. The zero-order valence-corrected chi connectivity index (χ0v) is 20.2. The number of carbonyl (C=O) groups excluding carboxylic acids is 1. The largest absolute Gasteiger partial charge is 0.490 e. The first-order chi connectivity index (χ1) is 17.3. The molecule has 1 aromatic heterocycles. The van der Waals surface area contributed by atoms with Gasteiger partial charge in [0.05, 0.1) is 5.56 Å². The minimum atomic E-state index is -4.33. The Balaban J connectivity index is 1.19. The first-order valence-corrected chi connectivity index (χ1v) is 12.4. The van der Waals surface area contributed by atoms with Crippen molar-refractivity contribution in [3.63, 3.8) is 0 Å². The molecule has 2 saturated heterocycles. The topological polar surface area (TPSA) is 58.0 Å². The van der Waals surface area contributed by atoms with Crippen molar-refractivity contribution in [2.75, 3.05) is 38.1 Å². The van der Waals surface area contributed by atoms with Gasteiger partial charge in [0.25, 0.3) is 5.91 Å². The fourth-order valence-corrected chi connectivity index (χ4v) is 5.02. The molecule has 0 bridgehead atoms. The summed E-state index contributed by atoms with van der Waals surface area (Å²) in [5, 5.41) is 4.13. The van der Waals surface area contributed by atoms with Crippen LogP contribution < -0.4 is 15.0 Å². The third-order valence-electron chi connectivity index (χ3n) is 7.18. The molecule has 0 radical (unpaired) electrons. The lowest BCUT2D eigenvalue weighted by Gasteiger charge is -2.33.